The Morgan fingerprint density at radius 3 is 2.55 bits per heavy atom. The maximum absolute atomic E-state index is 10.8. The van der Waals surface area contributed by atoms with Crippen molar-refractivity contribution in [2.45, 2.75) is 12.5 Å². The summed E-state index contributed by atoms with van der Waals surface area (Å²) in [5, 5.41) is 8.51. The predicted octanol–water partition coefficient (Wildman–Crippen LogP) is -0.0893. The molecule has 1 rings (SSSR count). The van der Waals surface area contributed by atoms with Gasteiger partial charge < -0.3 is 10.0 Å². The average Bonchev–Trinajstić information content (AvgIpc) is 1.83. The second-order valence-electron chi connectivity index (χ2n) is 2.36. The third-order valence-electron chi connectivity index (χ3n) is 1.74. The van der Waals surface area contributed by atoms with Gasteiger partial charge in [0.25, 0.3) is 0 Å². The minimum atomic E-state index is -0.949. The highest BCUT2D eigenvalue weighted by Gasteiger charge is 2.36. The second kappa shape index (κ2) is 3.09. The Morgan fingerprint density at radius 1 is 1.64 bits per heavy atom. The predicted molar refractivity (Wildman–Crippen MR) is 38.5 cm³/mol. The third-order valence-corrected chi connectivity index (χ3v) is 1.97. The number of carboxylic acids is 1. The van der Waals surface area contributed by atoms with Crippen molar-refractivity contribution in [3.8, 4) is 0 Å². The van der Waals surface area contributed by atoms with E-state index in [9.17, 15) is 9.59 Å². The van der Waals surface area contributed by atoms with Crippen molar-refractivity contribution >= 4 is 23.5 Å². The fraction of sp³-hybridized carbons (Fsp3) is 0.667. The number of carboxylic acid groups (broad SMARTS) is 1. The Hall–Kier alpha value is -0.770. The van der Waals surface area contributed by atoms with E-state index >= 15 is 0 Å². The molecular weight excluding hydrogens is 170 g/mol. The summed E-state index contributed by atoms with van der Waals surface area (Å²) in [5.74, 6) is -1.39. The summed E-state index contributed by atoms with van der Waals surface area (Å²) in [6, 6.07) is -0.638. The molecule has 1 heterocycles. The summed E-state index contributed by atoms with van der Waals surface area (Å²) in [4.78, 5) is 22.5. The molecule has 0 bridgehead atoms. The molecule has 1 fully saturated rings. The molecule has 62 valence electrons. The van der Waals surface area contributed by atoms with E-state index in [1.165, 1.54) is 4.90 Å². The van der Waals surface area contributed by atoms with Crippen LogP contribution in [0.4, 0.5) is 0 Å². The highest BCUT2D eigenvalue weighted by molar-refractivity contribution is 6.27. The molecule has 0 aliphatic carbocycles. The van der Waals surface area contributed by atoms with Gasteiger partial charge in [-0.1, -0.05) is 0 Å². The van der Waals surface area contributed by atoms with E-state index in [4.69, 9.17) is 16.7 Å². The summed E-state index contributed by atoms with van der Waals surface area (Å²) in [7, 11) is 0. The van der Waals surface area contributed by atoms with E-state index in [1.807, 2.05) is 0 Å². The molecule has 0 spiro atoms. The lowest BCUT2D eigenvalue weighted by Gasteiger charge is -2.37. The number of rotatable bonds is 2. The van der Waals surface area contributed by atoms with Gasteiger partial charge in [0, 0.05) is 6.54 Å². The number of carbonyl (C=O) groups is 2. The van der Waals surface area contributed by atoms with Gasteiger partial charge in [0.15, 0.2) is 0 Å². The van der Waals surface area contributed by atoms with E-state index in [0.29, 0.717) is 13.0 Å². The molecule has 0 aromatic heterocycles. The van der Waals surface area contributed by atoms with Gasteiger partial charge in [0.2, 0.25) is 5.91 Å². The summed E-state index contributed by atoms with van der Waals surface area (Å²) < 4.78 is 0. The molecular formula is C6H8ClNO3. The van der Waals surface area contributed by atoms with Crippen LogP contribution in [-0.2, 0) is 9.59 Å². The number of likely N-dealkylation sites (tertiary alicyclic amines) is 1. The molecule has 1 aliphatic heterocycles. The Bertz CT molecular complexity index is 194. The van der Waals surface area contributed by atoms with Crippen LogP contribution in [-0.4, -0.2) is 40.3 Å². The van der Waals surface area contributed by atoms with Crippen LogP contribution >= 0.6 is 11.6 Å². The van der Waals surface area contributed by atoms with E-state index in [0.717, 1.165) is 0 Å². The first-order chi connectivity index (χ1) is 5.16. The Labute approximate surface area is 68.7 Å². The molecule has 1 saturated heterocycles. The fourth-order valence-corrected chi connectivity index (χ4v) is 1.17. The molecule has 0 unspecified atom stereocenters. The van der Waals surface area contributed by atoms with Crippen LogP contribution < -0.4 is 0 Å². The monoisotopic (exact) mass is 177 g/mol. The van der Waals surface area contributed by atoms with Gasteiger partial charge in [-0.05, 0) is 6.42 Å². The van der Waals surface area contributed by atoms with Crippen molar-refractivity contribution in [2.75, 3.05) is 12.4 Å². The van der Waals surface area contributed by atoms with Gasteiger partial charge in [-0.2, -0.15) is 0 Å². The summed E-state index contributed by atoms with van der Waals surface area (Å²) in [6.45, 7) is 0.516. The van der Waals surface area contributed by atoms with Gasteiger partial charge in [-0.25, -0.2) is 4.79 Å². The maximum Gasteiger partial charge on any atom is 0.326 e. The first-order valence-corrected chi connectivity index (χ1v) is 3.78. The zero-order valence-corrected chi connectivity index (χ0v) is 6.54. The zero-order valence-electron chi connectivity index (χ0n) is 5.79. The molecule has 1 N–H and O–H groups in total. The summed E-state index contributed by atoms with van der Waals surface area (Å²) in [5.41, 5.74) is 0. The number of alkyl halides is 1. The number of carbonyl (C=O) groups excluding carboxylic acids is 1. The van der Waals surface area contributed by atoms with Crippen molar-refractivity contribution in [2.24, 2.45) is 0 Å². The van der Waals surface area contributed by atoms with Gasteiger partial charge in [-0.3, -0.25) is 4.79 Å². The van der Waals surface area contributed by atoms with Crippen molar-refractivity contribution in [3.05, 3.63) is 0 Å². The Morgan fingerprint density at radius 2 is 2.27 bits per heavy atom. The van der Waals surface area contributed by atoms with Crippen LogP contribution in [0.15, 0.2) is 0 Å². The number of aliphatic carboxylic acids is 1. The van der Waals surface area contributed by atoms with E-state index < -0.39 is 12.0 Å². The first kappa shape index (κ1) is 8.33. The molecule has 11 heavy (non-hydrogen) atoms. The van der Waals surface area contributed by atoms with Crippen LogP contribution in [0.3, 0.4) is 0 Å². The zero-order chi connectivity index (χ0) is 8.43. The average molecular weight is 178 g/mol. The molecule has 4 nitrogen and oxygen atoms in total. The van der Waals surface area contributed by atoms with Crippen molar-refractivity contribution in [1.82, 2.24) is 4.90 Å². The third kappa shape index (κ3) is 1.45. The highest BCUT2D eigenvalue weighted by atomic mass is 35.5. The lowest BCUT2D eigenvalue weighted by atomic mass is 10.0. The van der Waals surface area contributed by atoms with E-state index in [2.05, 4.69) is 0 Å². The number of hydrogen-bond donors (Lipinski definition) is 1. The minimum Gasteiger partial charge on any atom is -0.480 e. The standard InChI is InChI=1S/C6H8ClNO3/c7-3-5(9)8-2-1-4(8)6(10)11/h4H,1-3H2,(H,10,11)/t4-/m0/s1. The number of hydrogen-bond acceptors (Lipinski definition) is 2. The number of amides is 1. The van der Waals surface area contributed by atoms with E-state index in [1.54, 1.807) is 0 Å². The quantitative estimate of drug-likeness (QED) is 0.600. The van der Waals surface area contributed by atoms with Gasteiger partial charge >= 0.3 is 5.97 Å². The fourth-order valence-electron chi connectivity index (χ4n) is 1.02. The first-order valence-electron chi connectivity index (χ1n) is 3.25. The lowest BCUT2D eigenvalue weighted by Crippen LogP contribution is -2.55. The normalized spacial score (nSPS) is 22.6. The molecule has 1 atom stereocenters. The van der Waals surface area contributed by atoms with Gasteiger partial charge in [0.1, 0.15) is 11.9 Å². The van der Waals surface area contributed by atoms with Gasteiger partial charge in [-0.15, -0.1) is 11.6 Å². The molecule has 1 aliphatic rings. The van der Waals surface area contributed by atoms with Crippen LogP contribution in [0, 0.1) is 0 Å². The topological polar surface area (TPSA) is 57.6 Å². The Kier molecular flexibility index (Phi) is 2.34. The lowest BCUT2D eigenvalue weighted by molar-refractivity contribution is -0.155. The molecule has 0 aromatic carbocycles. The van der Waals surface area contributed by atoms with Crippen LogP contribution in [0.5, 0.6) is 0 Å². The maximum atomic E-state index is 10.8. The van der Waals surface area contributed by atoms with Crippen molar-refractivity contribution in [1.29, 1.82) is 0 Å². The number of halogens is 1. The highest BCUT2D eigenvalue weighted by Crippen LogP contribution is 2.17. The molecule has 0 radical (unpaired) electrons. The summed E-state index contributed by atoms with van der Waals surface area (Å²) in [6.07, 6.45) is 0.540. The minimum absolute atomic E-state index is 0.135. The smallest absolute Gasteiger partial charge is 0.326 e. The number of nitrogens with zero attached hydrogens (tertiary/aromatic N) is 1. The molecule has 0 saturated carbocycles. The molecule has 0 aromatic rings. The van der Waals surface area contributed by atoms with Crippen molar-refractivity contribution in [3.63, 3.8) is 0 Å². The van der Waals surface area contributed by atoms with Crippen molar-refractivity contribution < 1.29 is 14.7 Å². The molecule has 5 heteroatoms. The summed E-state index contributed by atoms with van der Waals surface area (Å²) >= 11 is 5.25. The second-order valence-corrected chi connectivity index (χ2v) is 2.63. The largest absolute Gasteiger partial charge is 0.480 e. The van der Waals surface area contributed by atoms with E-state index in [-0.39, 0.29) is 11.8 Å². The van der Waals surface area contributed by atoms with Crippen LogP contribution in [0.25, 0.3) is 0 Å². The molecule has 1 amide bonds. The van der Waals surface area contributed by atoms with Crippen LogP contribution in [0.2, 0.25) is 0 Å². The van der Waals surface area contributed by atoms with Gasteiger partial charge in [0.05, 0.1) is 0 Å². The SMILES string of the molecule is O=C(O)[C@@H]1CCN1C(=O)CCl. The van der Waals surface area contributed by atoms with Crippen LogP contribution in [0.1, 0.15) is 6.42 Å². The Balaban J connectivity index is 2.49.